The molecule has 0 spiro atoms. The van der Waals surface area contributed by atoms with Gasteiger partial charge in [0, 0.05) is 16.8 Å². The van der Waals surface area contributed by atoms with Crippen molar-refractivity contribution in [1.82, 2.24) is 5.32 Å². The normalized spacial score (nSPS) is 11.6. The van der Waals surface area contributed by atoms with Crippen molar-refractivity contribution in [1.29, 1.82) is 0 Å². The lowest BCUT2D eigenvalue weighted by Gasteiger charge is -2.15. The van der Waals surface area contributed by atoms with Crippen molar-refractivity contribution in [2.75, 3.05) is 5.32 Å². The fourth-order valence-electron chi connectivity index (χ4n) is 2.49. The molecular weight excluding hydrogens is 335 g/mol. The summed E-state index contributed by atoms with van der Waals surface area (Å²) in [5, 5.41) is 5.43. The number of benzene rings is 2. The summed E-state index contributed by atoms with van der Waals surface area (Å²) in [6.45, 7) is 1.72. The maximum atomic E-state index is 13.8. The smallest absolute Gasteiger partial charge is 0.291 e. The van der Waals surface area contributed by atoms with Crippen molar-refractivity contribution in [3.63, 3.8) is 0 Å². The van der Waals surface area contributed by atoms with Crippen molar-refractivity contribution >= 4 is 17.5 Å². The van der Waals surface area contributed by atoms with E-state index in [1.165, 1.54) is 12.3 Å². The number of amides is 2. The molecule has 0 aliphatic heterocycles. The molecule has 0 unspecified atom stereocenters. The highest BCUT2D eigenvalue weighted by Crippen LogP contribution is 2.17. The summed E-state index contributed by atoms with van der Waals surface area (Å²) in [4.78, 5) is 24.2. The molecule has 0 radical (unpaired) electrons. The van der Waals surface area contributed by atoms with Crippen molar-refractivity contribution in [2.45, 2.75) is 13.0 Å². The fraction of sp³-hybridized carbons (Fsp3) is 0.100. The minimum absolute atomic E-state index is 0.200. The first-order valence-electron chi connectivity index (χ1n) is 8.05. The van der Waals surface area contributed by atoms with Gasteiger partial charge < -0.3 is 15.1 Å². The molecule has 132 valence electrons. The molecule has 1 heterocycles. The number of hydrogen-bond acceptors (Lipinski definition) is 3. The lowest BCUT2D eigenvalue weighted by Crippen LogP contribution is -2.27. The molecular formula is C20H17FN2O3. The molecule has 6 heteroatoms. The van der Waals surface area contributed by atoms with Gasteiger partial charge in [-0.25, -0.2) is 4.39 Å². The van der Waals surface area contributed by atoms with Gasteiger partial charge in [-0.15, -0.1) is 0 Å². The highest BCUT2D eigenvalue weighted by Gasteiger charge is 2.15. The fourth-order valence-corrected chi connectivity index (χ4v) is 2.49. The Morgan fingerprint density at radius 3 is 2.35 bits per heavy atom. The first-order chi connectivity index (χ1) is 12.5. The molecule has 2 N–H and O–H groups in total. The van der Waals surface area contributed by atoms with Gasteiger partial charge in [-0.05, 0) is 49.4 Å². The molecule has 0 saturated carbocycles. The van der Waals surface area contributed by atoms with Crippen LogP contribution in [0.5, 0.6) is 0 Å². The van der Waals surface area contributed by atoms with Crippen LogP contribution in [0.4, 0.5) is 10.1 Å². The molecule has 1 aromatic heterocycles. The Morgan fingerprint density at radius 2 is 1.69 bits per heavy atom. The van der Waals surface area contributed by atoms with Gasteiger partial charge in [0.15, 0.2) is 5.76 Å². The van der Waals surface area contributed by atoms with E-state index in [1.807, 2.05) is 0 Å². The summed E-state index contributed by atoms with van der Waals surface area (Å²) in [6, 6.07) is 15.4. The van der Waals surface area contributed by atoms with Gasteiger partial charge in [-0.3, -0.25) is 9.59 Å². The largest absolute Gasteiger partial charge is 0.459 e. The molecule has 3 aromatic rings. The molecule has 0 bridgehead atoms. The zero-order chi connectivity index (χ0) is 18.5. The van der Waals surface area contributed by atoms with E-state index in [4.69, 9.17) is 4.42 Å². The second kappa shape index (κ2) is 7.65. The Hall–Kier alpha value is -3.41. The second-order valence-electron chi connectivity index (χ2n) is 5.73. The van der Waals surface area contributed by atoms with E-state index < -0.39 is 6.04 Å². The predicted molar refractivity (Wildman–Crippen MR) is 95.4 cm³/mol. The van der Waals surface area contributed by atoms with Crippen LogP contribution in [-0.4, -0.2) is 11.8 Å². The number of rotatable bonds is 5. The van der Waals surface area contributed by atoms with Crippen molar-refractivity contribution in [2.24, 2.45) is 0 Å². The molecule has 2 amide bonds. The predicted octanol–water partition coefficient (Wildman–Crippen LogP) is 4.16. The van der Waals surface area contributed by atoms with Crippen molar-refractivity contribution < 1.29 is 18.4 Å². The molecule has 1 atom stereocenters. The van der Waals surface area contributed by atoms with Gasteiger partial charge in [-0.2, -0.15) is 0 Å². The second-order valence-corrected chi connectivity index (χ2v) is 5.73. The van der Waals surface area contributed by atoms with E-state index in [1.54, 1.807) is 61.5 Å². The van der Waals surface area contributed by atoms with E-state index in [9.17, 15) is 14.0 Å². The number of nitrogens with one attached hydrogen (secondary N) is 2. The highest BCUT2D eigenvalue weighted by molar-refractivity contribution is 6.02. The van der Waals surface area contributed by atoms with Crippen LogP contribution in [-0.2, 0) is 0 Å². The first kappa shape index (κ1) is 17.4. The highest BCUT2D eigenvalue weighted by atomic mass is 19.1. The lowest BCUT2D eigenvalue weighted by molar-refractivity contribution is 0.0938. The third kappa shape index (κ3) is 3.97. The average Bonchev–Trinajstić information content (AvgIpc) is 3.17. The van der Waals surface area contributed by atoms with E-state index in [0.717, 1.165) is 0 Å². The van der Waals surface area contributed by atoms with Gasteiger partial charge in [0.25, 0.3) is 11.8 Å². The van der Waals surface area contributed by atoms with Gasteiger partial charge in [0.2, 0.25) is 0 Å². The Morgan fingerprint density at radius 1 is 0.962 bits per heavy atom. The topological polar surface area (TPSA) is 71.3 Å². The number of furan rings is 1. The quantitative estimate of drug-likeness (QED) is 0.724. The third-order valence-corrected chi connectivity index (χ3v) is 3.87. The molecule has 0 aliphatic rings. The Balaban J connectivity index is 1.63. The van der Waals surface area contributed by atoms with E-state index in [0.29, 0.717) is 16.8 Å². The molecule has 3 rings (SSSR count). The summed E-state index contributed by atoms with van der Waals surface area (Å²) in [7, 11) is 0. The Kier molecular flexibility index (Phi) is 5.12. The maximum absolute atomic E-state index is 13.8. The average molecular weight is 352 g/mol. The van der Waals surface area contributed by atoms with Crippen LogP contribution in [0.3, 0.4) is 0 Å². The van der Waals surface area contributed by atoms with Crippen LogP contribution in [0.25, 0.3) is 0 Å². The van der Waals surface area contributed by atoms with E-state index in [-0.39, 0.29) is 23.4 Å². The van der Waals surface area contributed by atoms with Crippen LogP contribution in [0.1, 0.15) is 39.4 Å². The molecule has 0 saturated heterocycles. The van der Waals surface area contributed by atoms with Crippen molar-refractivity contribution in [3.05, 3.63) is 89.6 Å². The molecule has 0 fully saturated rings. The molecule has 2 aromatic carbocycles. The monoisotopic (exact) mass is 352 g/mol. The van der Waals surface area contributed by atoms with Crippen LogP contribution in [0.15, 0.2) is 71.3 Å². The summed E-state index contributed by atoms with van der Waals surface area (Å²) in [5.74, 6) is -0.869. The Labute approximate surface area is 149 Å². The molecule has 0 aliphatic carbocycles. The summed E-state index contributed by atoms with van der Waals surface area (Å²) in [6.07, 6.45) is 1.42. The number of carbonyl (C=O) groups excluding carboxylic acids is 2. The molecule has 5 nitrogen and oxygen atoms in total. The van der Waals surface area contributed by atoms with E-state index in [2.05, 4.69) is 10.6 Å². The summed E-state index contributed by atoms with van der Waals surface area (Å²) in [5.41, 5.74) is 1.36. The minimum atomic E-state index is -0.470. The van der Waals surface area contributed by atoms with Crippen LogP contribution >= 0.6 is 0 Å². The zero-order valence-corrected chi connectivity index (χ0v) is 14.0. The summed E-state index contributed by atoms with van der Waals surface area (Å²) >= 11 is 0. The van der Waals surface area contributed by atoms with Crippen LogP contribution in [0, 0.1) is 5.82 Å². The Bertz CT molecular complexity index is 905. The number of carbonyl (C=O) groups is 2. The SMILES string of the molecule is C[C@H](NC(=O)c1ccc(NC(=O)c2ccco2)cc1)c1ccccc1F. The van der Waals surface area contributed by atoms with Crippen molar-refractivity contribution in [3.8, 4) is 0 Å². The maximum Gasteiger partial charge on any atom is 0.291 e. The van der Waals surface area contributed by atoms with Gasteiger partial charge in [-0.1, -0.05) is 18.2 Å². The third-order valence-electron chi connectivity index (χ3n) is 3.87. The first-order valence-corrected chi connectivity index (χ1v) is 8.05. The molecule has 26 heavy (non-hydrogen) atoms. The van der Waals surface area contributed by atoms with Gasteiger partial charge >= 0.3 is 0 Å². The minimum Gasteiger partial charge on any atom is -0.459 e. The van der Waals surface area contributed by atoms with Crippen LogP contribution in [0.2, 0.25) is 0 Å². The standard InChI is InChI=1S/C20H17FN2O3/c1-13(16-5-2-3-6-17(16)21)22-19(24)14-8-10-15(11-9-14)23-20(25)18-7-4-12-26-18/h2-13H,1H3,(H,22,24)(H,23,25)/t13-/m0/s1. The van der Waals surface area contributed by atoms with Crippen LogP contribution < -0.4 is 10.6 Å². The number of halogens is 1. The van der Waals surface area contributed by atoms with Gasteiger partial charge in [0.1, 0.15) is 5.82 Å². The summed E-state index contributed by atoms with van der Waals surface area (Å²) < 4.78 is 18.8. The van der Waals surface area contributed by atoms with E-state index >= 15 is 0 Å². The number of anilines is 1. The zero-order valence-electron chi connectivity index (χ0n) is 14.0. The number of hydrogen-bond donors (Lipinski definition) is 2. The van der Waals surface area contributed by atoms with Gasteiger partial charge in [0.05, 0.1) is 12.3 Å². The lowest BCUT2D eigenvalue weighted by atomic mass is 10.1.